The van der Waals surface area contributed by atoms with E-state index in [9.17, 15) is 37.4 Å². The zero-order valence-corrected chi connectivity index (χ0v) is 21.9. The second kappa shape index (κ2) is 10.3. The van der Waals surface area contributed by atoms with Crippen LogP contribution in [0.1, 0.15) is 38.5 Å². The van der Waals surface area contributed by atoms with Gasteiger partial charge in [0.1, 0.15) is 11.6 Å². The van der Waals surface area contributed by atoms with E-state index < -0.39 is 40.9 Å². The number of hydrogen-bond donors (Lipinski definition) is 3. The van der Waals surface area contributed by atoms with Crippen molar-refractivity contribution in [2.45, 2.75) is 25.9 Å². The fourth-order valence-electron chi connectivity index (χ4n) is 5.15. The highest BCUT2D eigenvalue weighted by molar-refractivity contribution is 6.10. The van der Waals surface area contributed by atoms with E-state index in [1.54, 1.807) is 18.2 Å². The summed E-state index contributed by atoms with van der Waals surface area (Å²) in [6.45, 7) is 3.61. The Morgan fingerprint density at radius 1 is 0.976 bits per heavy atom. The van der Waals surface area contributed by atoms with Gasteiger partial charge in [-0.25, -0.2) is 9.18 Å². The van der Waals surface area contributed by atoms with E-state index in [-0.39, 0.29) is 34.8 Å². The number of benzene rings is 4. The normalized spacial score (nSPS) is 14.7. The number of aryl methyl sites for hydroxylation is 2. The van der Waals surface area contributed by atoms with E-state index in [0.29, 0.717) is 11.3 Å². The van der Waals surface area contributed by atoms with Crippen LogP contribution in [-0.2, 0) is 11.0 Å². The molecule has 0 radical (unpaired) electrons. The molecule has 3 N–H and O–H groups in total. The first-order valence-electron chi connectivity index (χ1n) is 12.6. The van der Waals surface area contributed by atoms with Crippen molar-refractivity contribution < 1.29 is 37.4 Å². The van der Waals surface area contributed by atoms with Crippen LogP contribution >= 0.6 is 0 Å². The Morgan fingerprint density at radius 3 is 2.34 bits per heavy atom. The number of rotatable bonds is 6. The monoisotopic (exact) mass is 564 g/mol. The van der Waals surface area contributed by atoms with Gasteiger partial charge in [-0.2, -0.15) is 13.2 Å². The molecule has 0 fully saturated rings. The average Bonchev–Trinajstić information content (AvgIpc) is 3.17. The lowest BCUT2D eigenvalue weighted by atomic mass is 9.98. The average molecular weight is 565 g/mol. The number of phenolic OH excluding ortho intramolecular Hbond substituents is 1. The van der Waals surface area contributed by atoms with Gasteiger partial charge in [0.25, 0.3) is 0 Å². The zero-order valence-electron chi connectivity index (χ0n) is 21.9. The summed E-state index contributed by atoms with van der Waals surface area (Å²) in [6.07, 6.45) is -4.60. The van der Waals surface area contributed by atoms with Crippen molar-refractivity contribution in [1.82, 2.24) is 0 Å². The Labute approximate surface area is 232 Å². The molecule has 0 saturated heterocycles. The number of nitrogens with one attached hydrogen (secondary N) is 1. The third kappa shape index (κ3) is 5.20. The Hall–Kier alpha value is -4.86. The minimum atomic E-state index is -4.60. The van der Waals surface area contributed by atoms with Crippen molar-refractivity contribution in [1.29, 1.82) is 0 Å². The number of nitrogens with zero attached hydrogens (tertiary/aromatic N) is 1. The fraction of sp³-hybridized carbons (Fsp3) is 0.161. The third-order valence-electron chi connectivity index (χ3n) is 7.00. The Balaban J connectivity index is 1.50. The number of amides is 1. The molecule has 0 saturated carbocycles. The van der Waals surface area contributed by atoms with Gasteiger partial charge in [-0.3, -0.25) is 9.69 Å². The van der Waals surface area contributed by atoms with Gasteiger partial charge in [0.05, 0.1) is 28.4 Å². The van der Waals surface area contributed by atoms with Crippen LogP contribution in [0.5, 0.6) is 5.75 Å². The standard InChI is InChI=1S/C31H24F4N2O4/c1-16-10-17(2)12-20(11-16)37-27-14-19(31(33,34)35)7-8-22(27)24(29(37)39)15-36-26-5-3-4-21(28(26)38)18-6-9-25(32)23(13-18)30(40)41/h3-14,24,36,38H,15H2,1-2H3,(H,40,41). The first-order chi connectivity index (χ1) is 19.3. The van der Waals surface area contributed by atoms with Gasteiger partial charge < -0.3 is 15.5 Å². The van der Waals surface area contributed by atoms with Crippen molar-refractivity contribution in [3.63, 3.8) is 0 Å². The summed E-state index contributed by atoms with van der Waals surface area (Å²) in [6, 6.07) is 16.6. The number of hydrogen-bond acceptors (Lipinski definition) is 4. The SMILES string of the molecule is Cc1cc(C)cc(N2C(=O)C(CNc3cccc(-c4ccc(F)c(C(=O)O)c4)c3O)c3ccc(C(F)(F)F)cc32)c1. The summed E-state index contributed by atoms with van der Waals surface area (Å²) in [5, 5.41) is 23.2. The van der Waals surface area contributed by atoms with Crippen molar-refractivity contribution >= 4 is 28.9 Å². The Bertz CT molecular complexity index is 1680. The van der Waals surface area contributed by atoms with E-state index in [0.717, 1.165) is 35.4 Å². The van der Waals surface area contributed by atoms with E-state index in [1.807, 2.05) is 19.9 Å². The Morgan fingerprint density at radius 2 is 1.68 bits per heavy atom. The van der Waals surface area contributed by atoms with E-state index in [4.69, 9.17) is 0 Å². The number of carboxylic acids is 1. The number of carbonyl (C=O) groups is 2. The van der Waals surface area contributed by atoms with Gasteiger partial charge in [0.15, 0.2) is 0 Å². The summed E-state index contributed by atoms with van der Waals surface area (Å²) in [5.41, 5.74) is 1.92. The van der Waals surface area contributed by atoms with Crippen LogP contribution in [0.3, 0.4) is 0 Å². The molecule has 1 atom stereocenters. The topological polar surface area (TPSA) is 89.9 Å². The molecule has 5 rings (SSSR count). The highest BCUT2D eigenvalue weighted by atomic mass is 19.4. The van der Waals surface area contributed by atoms with Crippen LogP contribution in [-0.4, -0.2) is 28.6 Å². The lowest BCUT2D eigenvalue weighted by Gasteiger charge is -2.20. The molecule has 1 aliphatic heterocycles. The van der Waals surface area contributed by atoms with Crippen molar-refractivity contribution in [3.05, 3.63) is 106 Å². The summed E-state index contributed by atoms with van der Waals surface area (Å²) >= 11 is 0. The van der Waals surface area contributed by atoms with Crippen LogP contribution in [0.2, 0.25) is 0 Å². The van der Waals surface area contributed by atoms with Gasteiger partial charge in [0.2, 0.25) is 5.91 Å². The highest BCUT2D eigenvalue weighted by Gasteiger charge is 2.41. The molecule has 41 heavy (non-hydrogen) atoms. The smallest absolute Gasteiger partial charge is 0.416 e. The molecule has 210 valence electrons. The van der Waals surface area contributed by atoms with Gasteiger partial charge in [-0.05, 0) is 78.6 Å². The molecule has 1 amide bonds. The second-order valence-electron chi connectivity index (χ2n) is 9.93. The molecule has 1 unspecified atom stereocenters. The summed E-state index contributed by atoms with van der Waals surface area (Å²) in [4.78, 5) is 26.4. The van der Waals surface area contributed by atoms with Gasteiger partial charge in [-0.1, -0.05) is 30.3 Å². The van der Waals surface area contributed by atoms with Crippen molar-refractivity contribution in [3.8, 4) is 16.9 Å². The molecule has 0 spiro atoms. The first-order valence-corrected chi connectivity index (χ1v) is 12.6. The summed E-state index contributed by atoms with van der Waals surface area (Å²) < 4.78 is 54.7. The number of phenols is 1. The van der Waals surface area contributed by atoms with Crippen LogP contribution in [0.15, 0.2) is 72.8 Å². The van der Waals surface area contributed by atoms with Gasteiger partial charge in [-0.15, -0.1) is 0 Å². The molecule has 1 heterocycles. The molecule has 4 aromatic carbocycles. The van der Waals surface area contributed by atoms with Crippen molar-refractivity contribution in [2.75, 3.05) is 16.8 Å². The van der Waals surface area contributed by atoms with E-state index in [1.165, 1.54) is 29.2 Å². The first kappa shape index (κ1) is 27.7. The predicted molar refractivity (Wildman–Crippen MR) is 146 cm³/mol. The second-order valence-corrected chi connectivity index (χ2v) is 9.93. The molecular formula is C31H24F4N2O4. The maximum Gasteiger partial charge on any atom is 0.416 e. The number of fused-ring (bicyclic) bond motifs is 1. The molecule has 4 aromatic rings. The number of aromatic hydroxyl groups is 1. The van der Waals surface area contributed by atoms with Gasteiger partial charge >= 0.3 is 12.1 Å². The van der Waals surface area contributed by atoms with E-state index in [2.05, 4.69) is 5.32 Å². The number of alkyl halides is 3. The maximum absolute atomic E-state index is 13.9. The molecule has 0 aromatic heterocycles. The summed E-state index contributed by atoms with van der Waals surface area (Å²) in [7, 11) is 0. The number of aromatic carboxylic acids is 1. The van der Waals surface area contributed by atoms with E-state index >= 15 is 0 Å². The maximum atomic E-state index is 13.9. The van der Waals surface area contributed by atoms with Crippen LogP contribution < -0.4 is 10.2 Å². The van der Waals surface area contributed by atoms with Crippen molar-refractivity contribution in [2.24, 2.45) is 0 Å². The predicted octanol–water partition coefficient (Wildman–Crippen LogP) is 7.41. The summed E-state index contributed by atoms with van der Waals surface area (Å²) in [5.74, 6) is -3.95. The molecule has 6 nitrogen and oxygen atoms in total. The number of carboxylic acid groups (broad SMARTS) is 1. The number of anilines is 3. The lowest BCUT2D eigenvalue weighted by molar-refractivity contribution is -0.137. The quantitative estimate of drug-likeness (QED) is 0.168. The minimum absolute atomic E-state index is 0.0562. The number of halogens is 4. The van der Waals surface area contributed by atoms with Gasteiger partial charge in [0, 0.05) is 17.8 Å². The minimum Gasteiger partial charge on any atom is -0.505 e. The lowest BCUT2D eigenvalue weighted by Crippen LogP contribution is -2.27. The molecule has 10 heteroatoms. The van der Waals surface area contributed by atoms with Crippen LogP contribution in [0.4, 0.5) is 34.6 Å². The van der Waals surface area contributed by atoms with Crippen LogP contribution in [0, 0.1) is 19.7 Å². The number of carbonyl (C=O) groups excluding carboxylic acids is 1. The third-order valence-corrected chi connectivity index (χ3v) is 7.00. The Kier molecular flexibility index (Phi) is 6.94. The zero-order chi connectivity index (χ0) is 29.6. The molecule has 1 aliphatic rings. The fourth-order valence-corrected chi connectivity index (χ4v) is 5.15. The highest BCUT2D eigenvalue weighted by Crippen LogP contribution is 2.45. The largest absolute Gasteiger partial charge is 0.505 e. The molecular weight excluding hydrogens is 540 g/mol. The molecule has 0 aliphatic carbocycles. The van der Waals surface area contributed by atoms with Crippen LogP contribution in [0.25, 0.3) is 11.1 Å². The molecule has 0 bridgehead atoms. The number of para-hydroxylation sites is 1.